The fourth-order valence-electron chi connectivity index (χ4n) is 3.41. The number of sulfonamides is 1. The number of nitrogens with zero attached hydrogens (tertiary/aromatic N) is 3. The second-order valence-corrected chi connectivity index (χ2v) is 9.22. The van der Waals surface area contributed by atoms with E-state index >= 15 is 0 Å². The van der Waals surface area contributed by atoms with Crippen LogP contribution in [-0.4, -0.2) is 37.7 Å². The second kappa shape index (κ2) is 10.4. The molecule has 1 heterocycles. The third kappa shape index (κ3) is 5.33. The summed E-state index contributed by atoms with van der Waals surface area (Å²) in [6.45, 7) is 4.49. The van der Waals surface area contributed by atoms with E-state index in [1.807, 2.05) is 13.0 Å². The van der Waals surface area contributed by atoms with Gasteiger partial charge >= 0.3 is 6.01 Å². The van der Waals surface area contributed by atoms with Gasteiger partial charge in [0.25, 0.3) is 15.9 Å². The second-order valence-electron chi connectivity index (χ2n) is 7.35. The third-order valence-corrected chi connectivity index (χ3v) is 7.01. The molecule has 10 heteroatoms. The Morgan fingerprint density at radius 3 is 2.26 bits per heavy atom. The highest BCUT2D eigenvalue weighted by molar-refractivity contribution is 7.92. The largest absolute Gasteiger partial charge is 0.494 e. The maximum atomic E-state index is 13.1. The number of anilines is 2. The zero-order chi connectivity index (χ0) is 24.8. The molecule has 180 valence electrons. The lowest BCUT2D eigenvalue weighted by Gasteiger charge is -2.22. The Labute approximate surface area is 203 Å². The van der Waals surface area contributed by atoms with Gasteiger partial charge in [0.15, 0.2) is 0 Å². The fourth-order valence-corrected chi connectivity index (χ4v) is 4.88. The highest BCUT2D eigenvalue weighted by Crippen LogP contribution is 2.25. The minimum Gasteiger partial charge on any atom is -0.494 e. The Morgan fingerprint density at radius 1 is 0.943 bits per heavy atom. The SMILES string of the molecule is CCOc1ccc(-c2nnc(NC(=O)c3ccc(S(=O)(=O)N(CC)c4ccccc4)cc3)o2)cc1. The van der Waals surface area contributed by atoms with Gasteiger partial charge in [-0.3, -0.25) is 14.4 Å². The average Bonchev–Trinajstić information content (AvgIpc) is 3.34. The number of rotatable bonds is 9. The Kier molecular flexibility index (Phi) is 7.11. The molecule has 1 aromatic heterocycles. The van der Waals surface area contributed by atoms with Crippen LogP contribution in [-0.2, 0) is 10.0 Å². The lowest BCUT2D eigenvalue weighted by molar-refractivity contribution is 0.102. The van der Waals surface area contributed by atoms with Crippen LogP contribution in [0.4, 0.5) is 11.7 Å². The first-order valence-electron chi connectivity index (χ1n) is 11.0. The lowest BCUT2D eigenvalue weighted by atomic mass is 10.2. The van der Waals surface area contributed by atoms with Gasteiger partial charge in [-0.05, 0) is 74.5 Å². The summed E-state index contributed by atoms with van der Waals surface area (Å²) in [5.41, 5.74) is 1.49. The number of ether oxygens (including phenoxy) is 1. The smallest absolute Gasteiger partial charge is 0.322 e. The number of hydrogen-bond donors (Lipinski definition) is 1. The molecule has 3 aromatic carbocycles. The minimum absolute atomic E-state index is 0.0724. The van der Waals surface area contributed by atoms with E-state index in [0.717, 1.165) is 5.75 Å². The number of benzene rings is 3. The van der Waals surface area contributed by atoms with Crippen LogP contribution in [0.15, 0.2) is 88.2 Å². The molecule has 0 aliphatic heterocycles. The van der Waals surface area contributed by atoms with Gasteiger partial charge in [-0.1, -0.05) is 23.3 Å². The van der Waals surface area contributed by atoms with Crippen LogP contribution < -0.4 is 14.4 Å². The molecule has 0 bridgehead atoms. The molecule has 0 aliphatic rings. The van der Waals surface area contributed by atoms with E-state index < -0.39 is 15.9 Å². The number of carbonyl (C=O) groups is 1. The summed E-state index contributed by atoms with van der Waals surface area (Å²) >= 11 is 0. The maximum absolute atomic E-state index is 13.1. The van der Waals surface area contributed by atoms with Crippen molar-refractivity contribution >= 4 is 27.6 Å². The van der Waals surface area contributed by atoms with E-state index in [0.29, 0.717) is 17.9 Å². The van der Waals surface area contributed by atoms with Gasteiger partial charge in [-0.15, -0.1) is 5.10 Å². The monoisotopic (exact) mass is 492 g/mol. The summed E-state index contributed by atoms with van der Waals surface area (Å²) in [7, 11) is -3.79. The van der Waals surface area contributed by atoms with Crippen molar-refractivity contribution in [3.05, 3.63) is 84.4 Å². The fraction of sp³-hybridized carbons (Fsp3) is 0.160. The van der Waals surface area contributed by atoms with E-state index in [-0.39, 0.29) is 28.9 Å². The molecule has 9 nitrogen and oxygen atoms in total. The molecule has 0 fully saturated rings. The minimum atomic E-state index is -3.79. The maximum Gasteiger partial charge on any atom is 0.322 e. The molecular weight excluding hydrogens is 468 g/mol. The van der Waals surface area contributed by atoms with Gasteiger partial charge < -0.3 is 9.15 Å². The molecule has 1 N–H and O–H groups in total. The van der Waals surface area contributed by atoms with Gasteiger partial charge in [0, 0.05) is 17.7 Å². The Bertz CT molecular complexity index is 1390. The van der Waals surface area contributed by atoms with Crippen LogP contribution in [0.1, 0.15) is 24.2 Å². The van der Waals surface area contributed by atoms with Gasteiger partial charge in [0.05, 0.1) is 17.2 Å². The highest BCUT2D eigenvalue weighted by atomic mass is 32.2. The van der Waals surface area contributed by atoms with E-state index in [1.165, 1.54) is 28.6 Å². The summed E-state index contributed by atoms with van der Waals surface area (Å²) in [6, 6.07) is 21.6. The zero-order valence-corrected chi connectivity index (χ0v) is 20.0. The molecule has 0 unspecified atom stereocenters. The number of hydrogen-bond acceptors (Lipinski definition) is 7. The first-order valence-corrected chi connectivity index (χ1v) is 12.4. The quantitative estimate of drug-likeness (QED) is 0.363. The van der Waals surface area contributed by atoms with Crippen LogP contribution in [0.25, 0.3) is 11.5 Å². The topological polar surface area (TPSA) is 115 Å². The molecule has 0 saturated heterocycles. The van der Waals surface area contributed by atoms with Crippen molar-refractivity contribution < 1.29 is 22.4 Å². The summed E-state index contributed by atoms with van der Waals surface area (Å²) in [6.07, 6.45) is 0. The van der Waals surface area contributed by atoms with Crippen LogP contribution in [0, 0.1) is 0 Å². The van der Waals surface area contributed by atoms with Crippen molar-refractivity contribution in [3.8, 4) is 17.2 Å². The molecule has 0 saturated carbocycles. The number of aromatic nitrogens is 2. The first-order chi connectivity index (χ1) is 16.9. The van der Waals surface area contributed by atoms with E-state index in [1.54, 1.807) is 55.5 Å². The van der Waals surface area contributed by atoms with Crippen molar-refractivity contribution in [3.63, 3.8) is 0 Å². The number of nitrogens with one attached hydrogen (secondary N) is 1. The zero-order valence-electron chi connectivity index (χ0n) is 19.2. The number of para-hydroxylation sites is 1. The van der Waals surface area contributed by atoms with Crippen molar-refractivity contribution in [1.82, 2.24) is 10.2 Å². The van der Waals surface area contributed by atoms with Gasteiger partial charge in [0.1, 0.15) is 5.75 Å². The van der Waals surface area contributed by atoms with Crippen LogP contribution in [0.3, 0.4) is 0 Å². The molecule has 0 spiro atoms. The van der Waals surface area contributed by atoms with Crippen molar-refractivity contribution in [2.75, 3.05) is 22.8 Å². The Hall–Kier alpha value is -4.18. The molecule has 0 atom stereocenters. The van der Waals surface area contributed by atoms with Crippen LogP contribution in [0.5, 0.6) is 5.75 Å². The molecule has 0 radical (unpaired) electrons. The third-order valence-electron chi connectivity index (χ3n) is 5.09. The Balaban J connectivity index is 1.46. The molecule has 4 aromatic rings. The molecule has 35 heavy (non-hydrogen) atoms. The van der Waals surface area contributed by atoms with Gasteiger partial charge in [0.2, 0.25) is 5.89 Å². The Morgan fingerprint density at radius 2 is 1.63 bits per heavy atom. The van der Waals surface area contributed by atoms with E-state index in [9.17, 15) is 13.2 Å². The normalized spacial score (nSPS) is 11.1. The van der Waals surface area contributed by atoms with Crippen molar-refractivity contribution in [1.29, 1.82) is 0 Å². The summed E-state index contributed by atoms with van der Waals surface area (Å²) in [4.78, 5) is 12.7. The molecule has 0 aliphatic carbocycles. The van der Waals surface area contributed by atoms with Gasteiger partial charge in [-0.2, -0.15) is 0 Å². The summed E-state index contributed by atoms with van der Waals surface area (Å²) in [5, 5.41) is 10.3. The van der Waals surface area contributed by atoms with Crippen molar-refractivity contribution in [2.45, 2.75) is 18.7 Å². The predicted molar refractivity (Wildman–Crippen MR) is 132 cm³/mol. The van der Waals surface area contributed by atoms with Crippen LogP contribution >= 0.6 is 0 Å². The van der Waals surface area contributed by atoms with E-state index in [4.69, 9.17) is 9.15 Å². The lowest BCUT2D eigenvalue weighted by Crippen LogP contribution is -2.30. The number of amides is 1. The highest BCUT2D eigenvalue weighted by Gasteiger charge is 2.24. The average molecular weight is 493 g/mol. The van der Waals surface area contributed by atoms with E-state index in [2.05, 4.69) is 15.5 Å². The summed E-state index contributed by atoms with van der Waals surface area (Å²) in [5.74, 6) is 0.456. The van der Waals surface area contributed by atoms with Crippen LogP contribution in [0.2, 0.25) is 0 Å². The molecule has 1 amide bonds. The summed E-state index contributed by atoms with van der Waals surface area (Å²) < 4.78 is 38.5. The number of carbonyl (C=O) groups excluding carboxylic acids is 1. The molecule has 4 rings (SSSR count). The first kappa shape index (κ1) is 24.0. The predicted octanol–water partition coefficient (Wildman–Crippen LogP) is 4.60. The standard InChI is InChI=1S/C25H24N4O5S/c1-3-29(20-8-6-5-7-9-20)35(31,32)22-16-12-18(13-17-22)23(30)26-25-28-27-24(34-25)19-10-14-21(15-11-19)33-4-2/h5-17H,3-4H2,1-2H3,(H,26,28,30). The van der Waals surface area contributed by atoms with Crippen molar-refractivity contribution in [2.24, 2.45) is 0 Å². The molecular formula is C25H24N4O5S. The van der Waals surface area contributed by atoms with Gasteiger partial charge in [-0.25, -0.2) is 8.42 Å².